The molecule has 1 amide bonds. The zero-order valence-electron chi connectivity index (χ0n) is 19.2. The van der Waals surface area contributed by atoms with E-state index in [9.17, 15) is 4.79 Å². The molecule has 1 N–H and O–H groups in total. The van der Waals surface area contributed by atoms with E-state index in [-0.39, 0.29) is 5.69 Å². The van der Waals surface area contributed by atoms with Crippen molar-refractivity contribution in [3.8, 4) is 11.4 Å². The van der Waals surface area contributed by atoms with Crippen molar-refractivity contribution in [3.63, 3.8) is 0 Å². The van der Waals surface area contributed by atoms with Crippen molar-refractivity contribution in [2.45, 2.75) is 31.7 Å². The highest BCUT2D eigenvalue weighted by Gasteiger charge is 2.22. The molecule has 2 aromatic carbocycles. The van der Waals surface area contributed by atoms with Gasteiger partial charge in [0.1, 0.15) is 5.75 Å². The number of nitrogens with one attached hydrogen (secondary N) is 1. The minimum Gasteiger partial charge on any atom is -0.494 e. The fourth-order valence-electron chi connectivity index (χ4n) is 3.36. The Morgan fingerprint density at radius 1 is 1.03 bits per heavy atom. The smallest absolute Gasteiger partial charge is 0.278 e. The Labute approximate surface area is 217 Å². The van der Waals surface area contributed by atoms with Gasteiger partial charge in [0.25, 0.3) is 5.91 Å². The molecule has 0 radical (unpaired) electrons. The van der Waals surface area contributed by atoms with Crippen LogP contribution in [0.3, 0.4) is 0 Å². The zero-order valence-corrected chi connectivity index (χ0v) is 21.6. The Hall–Kier alpha value is -3.14. The Morgan fingerprint density at radius 2 is 1.69 bits per heavy atom. The lowest BCUT2D eigenvalue weighted by Gasteiger charge is -2.10. The molecular weight excluding hydrogens is 507 g/mol. The third kappa shape index (κ3) is 6.30. The standard InChI is InChI=1S/C24H22Cl2N6O2S/c1-4-34-20-7-5-18(6-8-20)29-23(33)22-21(13-35-24-27-14(2)9-15(3)28-24)32(31-30-22)19-11-16(25)10-17(26)12-19/h5-12H,4,13H2,1-3H3,(H,29,33). The highest BCUT2D eigenvalue weighted by molar-refractivity contribution is 7.98. The number of aromatic nitrogens is 5. The molecule has 4 rings (SSSR count). The molecule has 8 nitrogen and oxygen atoms in total. The van der Waals surface area contributed by atoms with Crippen LogP contribution < -0.4 is 10.1 Å². The Kier molecular flexibility index (Phi) is 7.90. The molecule has 0 aliphatic heterocycles. The van der Waals surface area contributed by atoms with Crippen molar-refractivity contribution >= 4 is 46.6 Å². The molecule has 0 bridgehead atoms. The van der Waals surface area contributed by atoms with Gasteiger partial charge in [-0.25, -0.2) is 14.6 Å². The first-order chi connectivity index (χ1) is 16.8. The first-order valence-corrected chi connectivity index (χ1v) is 12.5. The van der Waals surface area contributed by atoms with Crippen LogP contribution in [-0.4, -0.2) is 37.5 Å². The summed E-state index contributed by atoms with van der Waals surface area (Å²) in [6.07, 6.45) is 0. The number of anilines is 1. The van der Waals surface area contributed by atoms with Crippen LogP contribution in [0.4, 0.5) is 5.69 Å². The summed E-state index contributed by atoms with van der Waals surface area (Å²) in [4.78, 5) is 22.1. The molecule has 0 fully saturated rings. The van der Waals surface area contributed by atoms with Gasteiger partial charge >= 0.3 is 0 Å². The quantitative estimate of drug-likeness (QED) is 0.224. The Morgan fingerprint density at radius 3 is 2.31 bits per heavy atom. The average Bonchev–Trinajstić information content (AvgIpc) is 3.22. The number of carbonyl (C=O) groups excluding carboxylic acids is 1. The molecule has 4 aromatic rings. The molecule has 0 saturated carbocycles. The molecule has 0 saturated heterocycles. The zero-order chi connectivity index (χ0) is 24.9. The largest absolute Gasteiger partial charge is 0.494 e. The van der Waals surface area contributed by atoms with Crippen molar-refractivity contribution in [3.05, 3.63) is 81.4 Å². The summed E-state index contributed by atoms with van der Waals surface area (Å²) in [5.41, 5.74) is 3.65. The number of aryl methyl sites for hydroxylation is 2. The second kappa shape index (κ2) is 11.1. The number of thioether (sulfide) groups is 1. The van der Waals surface area contributed by atoms with E-state index in [1.807, 2.05) is 26.8 Å². The minimum absolute atomic E-state index is 0.173. The molecule has 0 spiro atoms. The van der Waals surface area contributed by atoms with Crippen molar-refractivity contribution in [2.24, 2.45) is 0 Å². The van der Waals surface area contributed by atoms with E-state index in [0.29, 0.717) is 44.6 Å². The number of carbonyl (C=O) groups is 1. The van der Waals surface area contributed by atoms with E-state index in [2.05, 4.69) is 25.6 Å². The second-order valence-electron chi connectivity index (χ2n) is 7.56. The fraction of sp³-hybridized carbons (Fsp3) is 0.208. The van der Waals surface area contributed by atoms with Crippen LogP contribution in [0.5, 0.6) is 5.75 Å². The topological polar surface area (TPSA) is 94.8 Å². The van der Waals surface area contributed by atoms with E-state index < -0.39 is 5.91 Å². The van der Waals surface area contributed by atoms with Gasteiger partial charge in [-0.05, 0) is 69.3 Å². The van der Waals surface area contributed by atoms with Crippen LogP contribution in [0.25, 0.3) is 5.69 Å². The lowest BCUT2D eigenvalue weighted by Crippen LogP contribution is -2.15. The van der Waals surface area contributed by atoms with Crippen molar-refractivity contribution < 1.29 is 9.53 Å². The number of halogens is 2. The van der Waals surface area contributed by atoms with Gasteiger partial charge in [-0.3, -0.25) is 4.79 Å². The molecule has 0 unspecified atom stereocenters. The SMILES string of the molecule is CCOc1ccc(NC(=O)c2nnn(-c3cc(Cl)cc(Cl)c3)c2CSc2nc(C)cc(C)n2)cc1. The molecule has 35 heavy (non-hydrogen) atoms. The van der Waals surface area contributed by atoms with Crippen LogP contribution in [0.1, 0.15) is 34.5 Å². The first-order valence-electron chi connectivity index (χ1n) is 10.7. The third-order valence-electron chi connectivity index (χ3n) is 4.79. The number of amides is 1. The molecule has 0 atom stereocenters. The maximum atomic E-state index is 13.2. The molecule has 2 heterocycles. The summed E-state index contributed by atoms with van der Waals surface area (Å²) in [5.74, 6) is 0.664. The van der Waals surface area contributed by atoms with Crippen LogP contribution in [0.15, 0.2) is 53.7 Å². The van der Waals surface area contributed by atoms with E-state index >= 15 is 0 Å². The van der Waals surface area contributed by atoms with Crippen molar-refractivity contribution in [2.75, 3.05) is 11.9 Å². The maximum absolute atomic E-state index is 13.2. The van der Waals surface area contributed by atoms with Gasteiger partial charge in [0.05, 0.1) is 18.0 Å². The van der Waals surface area contributed by atoms with Crippen LogP contribution in [0.2, 0.25) is 10.0 Å². The molecule has 0 aliphatic rings. The highest BCUT2D eigenvalue weighted by atomic mass is 35.5. The molecule has 11 heteroatoms. The summed E-state index contributed by atoms with van der Waals surface area (Å²) in [6, 6.07) is 14.1. The fourth-order valence-corrected chi connectivity index (χ4v) is 4.82. The second-order valence-corrected chi connectivity index (χ2v) is 9.37. The van der Waals surface area contributed by atoms with Gasteiger partial charge < -0.3 is 10.1 Å². The van der Waals surface area contributed by atoms with E-state index in [0.717, 1.165) is 17.1 Å². The Balaban J connectivity index is 1.66. The van der Waals surface area contributed by atoms with Crippen LogP contribution in [-0.2, 0) is 5.75 Å². The predicted molar refractivity (Wildman–Crippen MR) is 138 cm³/mol. The van der Waals surface area contributed by atoms with Crippen LogP contribution >= 0.6 is 35.0 Å². The average molecular weight is 529 g/mol. The summed E-state index contributed by atoms with van der Waals surface area (Å²) in [7, 11) is 0. The highest BCUT2D eigenvalue weighted by Crippen LogP contribution is 2.27. The number of nitrogens with zero attached hydrogens (tertiary/aromatic N) is 5. The Bertz CT molecular complexity index is 1320. The lowest BCUT2D eigenvalue weighted by molar-refractivity contribution is 0.102. The molecule has 180 valence electrons. The van der Waals surface area contributed by atoms with Gasteiger partial charge in [0.2, 0.25) is 0 Å². The summed E-state index contributed by atoms with van der Waals surface area (Å²) < 4.78 is 7.01. The van der Waals surface area contributed by atoms with Gasteiger partial charge in [-0.2, -0.15) is 0 Å². The molecule has 2 aromatic heterocycles. The van der Waals surface area contributed by atoms with E-state index in [1.54, 1.807) is 47.1 Å². The number of rotatable bonds is 8. The van der Waals surface area contributed by atoms with Gasteiger partial charge in [-0.1, -0.05) is 40.2 Å². The first kappa shape index (κ1) is 25.0. The van der Waals surface area contributed by atoms with Crippen molar-refractivity contribution in [1.29, 1.82) is 0 Å². The van der Waals surface area contributed by atoms with Crippen LogP contribution in [0, 0.1) is 13.8 Å². The monoisotopic (exact) mass is 528 g/mol. The predicted octanol–water partition coefficient (Wildman–Crippen LogP) is 5.92. The van der Waals surface area contributed by atoms with Gasteiger partial charge in [-0.15, -0.1) is 5.10 Å². The van der Waals surface area contributed by atoms with E-state index in [1.165, 1.54) is 11.8 Å². The number of hydrogen-bond donors (Lipinski definition) is 1. The number of hydrogen-bond acceptors (Lipinski definition) is 7. The number of ether oxygens (including phenoxy) is 1. The van der Waals surface area contributed by atoms with Gasteiger partial charge in [0.15, 0.2) is 10.9 Å². The third-order valence-corrected chi connectivity index (χ3v) is 6.09. The normalized spacial score (nSPS) is 10.9. The van der Waals surface area contributed by atoms with Crippen molar-refractivity contribution in [1.82, 2.24) is 25.0 Å². The molecular formula is C24H22Cl2N6O2S. The molecule has 0 aliphatic carbocycles. The summed E-state index contributed by atoms with van der Waals surface area (Å²) in [5, 5.41) is 12.8. The number of benzene rings is 2. The lowest BCUT2D eigenvalue weighted by atomic mass is 10.2. The van der Waals surface area contributed by atoms with Gasteiger partial charge in [0, 0.05) is 32.9 Å². The summed E-state index contributed by atoms with van der Waals surface area (Å²) >= 11 is 13.8. The maximum Gasteiger partial charge on any atom is 0.278 e. The van der Waals surface area contributed by atoms with E-state index in [4.69, 9.17) is 27.9 Å². The summed E-state index contributed by atoms with van der Waals surface area (Å²) in [6.45, 7) is 6.30. The minimum atomic E-state index is -0.398.